The maximum Gasteiger partial charge on any atom is 0.199 e. The molecule has 0 saturated heterocycles. The van der Waals surface area contributed by atoms with Crippen molar-refractivity contribution in [1.82, 2.24) is 0 Å². The first kappa shape index (κ1) is 11.0. The summed E-state index contributed by atoms with van der Waals surface area (Å²) in [6, 6.07) is 8.83. The van der Waals surface area contributed by atoms with Crippen molar-refractivity contribution in [2.24, 2.45) is 0 Å². The van der Waals surface area contributed by atoms with Crippen molar-refractivity contribution in [1.29, 1.82) is 0 Å². The molecule has 2 aromatic rings. The zero-order chi connectivity index (χ0) is 11.5. The van der Waals surface area contributed by atoms with Crippen LogP contribution in [0.15, 0.2) is 41.0 Å². The van der Waals surface area contributed by atoms with Crippen LogP contribution in [-0.2, 0) is 0 Å². The van der Waals surface area contributed by atoms with Crippen LogP contribution in [0.1, 0.15) is 17.2 Å². The molecule has 1 N–H and O–H groups in total. The van der Waals surface area contributed by atoms with Crippen molar-refractivity contribution in [2.45, 2.75) is 6.10 Å². The average molecular weight is 239 g/mol. The molecule has 0 bridgehead atoms. The van der Waals surface area contributed by atoms with Crippen molar-refractivity contribution in [2.75, 3.05) is 7.11 Å². The van der Waals surface area contributed by atoms with Crippen LogP contribution < -0.4 is 4.74 Å². The number of ether oxygens (including phenoxy) is 1. The summed E-state index contributed by atoms with van der Waals surface area (Å²) in [5.41, 5.74) is 1.26. The van der Waals surface area contributed by atoms with Gasteiger partial charge in [-0.2, -0.15) is 0 Å². The van der Waals surface area contributed by atoms with Crippen LogP contribution in [0.25, 0.3) is 0 Å². The number of methoxy groups -OCH3 is 1. The third-order valence-electron chi connectivity index (χ3n) is 2.35. The average Bonchev–Trinajstić information content (AvgIpc) is 2.74. The molecule has 0 saturated carbocycles. The summed E-state index contributed by atoms with van der Waals surface area (Å²) in [4.78, 5) is 0. The lowest BCUT2D eigenvalue weighted by atomic mass is 10.0. The van der Waals surface area contributed by atoms with E-state index in [1.54, 1.807) is 25.3 Å². The standard InChI is InChI=1S/C12H11ClO3/c1-15-9-4-2-3-8(7-9)11(14)10-5-6-16-12(10)13/h2-7,11,14H,1H3. The normalized spacial score (nSPS) is 12.4. The SMILES string of the molecule is COc1cccc(C(O)c2ccoc2Cl)c1. The molecule has 0 aliphatic rings. The van der Waals surface area contributed by atoms with E-state index in [1.165, 1.54) is 6.26 Å². The van der Waals surface area contributed by atoms with Gasteiger partial charge in [-0.15, -0.1) is 0 Å². The molecule has 0 amide bonds. The van der Waals surface area contributed by atoms with Crippen LogP contribution in [-0.4, -0.2) is 12.2 Å². The number of benzene rings is 1. The number of aliphatic hydroxyl groups is 1. The number of rotatable bonds is 3. The van der Waals surface area contributed by atoms with E-state index in [2.05, 4.69) is 0 Å². The predicted molar refractivity (Wildman–Crippen MR) is 60.8 cm³/mol. The van der Waals surface area contributed by atoms with Crippen molar-refractivity contribution >= 4 is 11.6 Å². The number of hydrogen-bond acceptors (Lipinski definition) is 3. The van der Waals surface area contributed by atoms with E-state index in [0.717, 1.165) is 0 Å². The molecule has 0 aliphatic carbocycles. The van der Waals surface area contributed by atoms with Gasteiger partial charge >= 0.3 is 0 Å². The van der Waals surface area contributed by atoms with Crippen molar-refractivity contribution in [3.05, 3.63) is 52.9 Å². The lowest BCUT2D eigenvalue weighted by Gasteiger charge is -2.10. The highest BCUT2D eigenvalue weighted by Gasteiger charge is 2.16. The molecule has 4 heteroatoms. The van der Waals surface area contributed by atoms with Crippen molar-refractivity contribution in [3.8, 4) is 5.75 Å². The number of aliphatic hydroxyl groups excluding tert-OH is 1. The first-order valence-corrected chi connectivity index (χ1v) is 5.15. The summed E-state index contributed by atoms with van der Waals surface area (Å²) < 4.78 is 10.0. The Kier molecular flexibility index (Phi) is 3.17. The molecule has 0 spiro atoms. The van der Waals surface area contributed by atoms with Crippen LogP contribution in [0.4, 0.5) is 0 Å². The Morgan fingerprint density at radius 1 is 1.38 bits per heavy atom. The van der Waals surface area contributed by atoms with Crippen molar-refractivity contribution in [3.63, 3.8) is 0 Å². The highest BCUT2D eigenvalue weighted by molar-refractivity contribution is 6.29. The molecule has 0 aliphatic heterocycles. The maximum atomic E-state index is 10.1. The molecule has 84 valence electrons. The highest BCUT2D eigenvalue weighted by Crippen LogP contribution is 2.30. The van der Waals surface area contributed by atoms with Gasteiger partial charge in [0.05, 0.1) is 13.4 Å². The van der Waals surface area contributed by atoms with Gasteiger partial charge in [0.15, 0.2) is 5.22 Å². The van der Waals surface area contributed by atoms with Gasteiger partial charge in [-0.05, 0) is 35.4 Å². The third-order valence-corrected chi connectivity index (χ3v) is 2.66. The number of furan rings is 1. The fourth-order valence-electron chi connectivity index (χ4n) is 1.49. The van der Waals surface area contributed by atoms with Gasteiger partial charge in [0, 0.05) is 5.56 Å². The molecule has 2 rings (SSSR count). The Hall–Kier alpha value is -1.45. The topological polar surface area (TPSA) is 42.6 Å². The molecular formula is C12H11ClO3. The Morgan fingerprint density at radius 3 is 2.81 bits per heavy atom. The van der Waals surface area contributed by atoms with Gasteiger partial charge in [-0.25, -0.2) is 0 Å². The Bertz CT molecular complexity index is 479. The first-order valence-electron chi connectivity index (χ1n) is 4.77. The van der Waals surface area contributed by atoms with E-state index < -0.39 is 6.10 Å². The van der Waals surface area contributed by atoms with Gasteiger partial charge in [-0.3, -0.25) is 0 Å². The number of halogens is 1. The van der Waals surface area contributed by atoms with E-state index in [1.807, 2.05) is 12.1 Å². The lowest BCUT2D eigenvalue weighted by molar-refractivity contribution is 0.219. The minimum atomic E-state index is -0.804. The fourth-order valence-corrected chi connectivity index (χ4v) is 1.71. The largest absolute Gasteiger partial charge is 0.497 e. The van der Waals surface area contributed by atoms with Crippen LogP contribution >= 0.6 is 11.6 Å². The zero-order valence-corrected chi connectivity index (χ0v) is 9.44. The third kappa shape index (κ3) is 2.05. The van der Waals surface area contributed by atoms with Gasteiger partial charge in [0.1, 0.15) is 11.9 Å². The van der Waals surface area contributed by atoms with Crippen LogP contribution in [0.2, 0.25) is 5.22 Å². The van der Waals surface area contributed by atoms with Gasteiger partial charge in [0.25, 0.3) is 0 Å². The molecular weight excluding hydrogens is 228 g/mol. The smallest absolute Gasteiger partial charge is 0.199 e. The van der Waals surface area contributed by atoms with E-state index >= 15 is 0 Å². The van der Waals surface area contributed by atoms with Crippen LogP contribution in [0.5, 0.6) is 5.75 Å². The van der Waals surface area contributed by atoms with Gasteiger partial charge in [-0.1, -0.05) is 12.1 Å². The summed E-state index contributed by atoms with van der Waals surface area (Å²) in [5.74, 6) is 0.691. The molecule has 3 nitrogen and oxygen atoms in total. The number of hydrogen-bond donors (Lipinski definition) is 1. The summed E-state index contributed by atoms with van der Waals surface area (Å²) in [6.45, 7) is 0. The quantitative estimate of drug-likeness (QED) is 0.894. The molecule has 1 unspecified atom stereocenters. The summed E-state index contributed by atoms with van der Waals surface area (Å²) in [5, 5.41) is 10.3. The Balaban J connectivity index is 2.33. The monoisotopic (exact) mass is 238 g/mol. The highest BCUT2D eigenvalue weighted by atomic mass is 35.5. The minimum Gasteiger partial charge on any atom is -0.497 e. The second-order valence-electron chi connectivity index (χ2n) is 3.33. The van der Waals surface area contributed by atoms with Crippen LogP contribution in [0, 0.1) is 0 Å². The van der Waals surface area contributed by atoms with Crippen molar-refractivity contribution < 1.29 is 14.3 Å². The summed E-state index contributed by atoms with van der Waals surface area (Å²) in [7, 11) is 1.58. The predicted octanol–water partition coefficient (Wildman–Crippen LogP) is 3.02. The molecule has 1 atom stereocenters. The lowest BCUT2D eigenvalue weighted by Crippen LogP contribution is -1.99. The molecule has 1 aromatic carbocycles. The molecule has 16 heavy (non-hydrogen) atoms. The Morgan fingerprint density at radius 2 is 2.19 bits per heavy atom. The molecule has 1 heterocycles. The maximum absolute atomic E-state index is 10.1. The van der Waals surface area contributed by atoms with Gasteiger partial charge in [0.2, 0.25) is 0 Å². The first-order chi connectivity index (χ1) is 7.72. The Labute approximate surface area is 98.2 Å². The fraction of sp³-hybridized carbons (Fsp3) is 0.167. The van der Waals surface area contributed by atoms with E-state index in [9.17, 15) is 5.11 Å². The van der Waals surface area contributed by atoms with Gasteiger partial charge < -0.3 is 14.3 Å². The van der Waals surface area contributed by atoms with Crippen LogP contribution in [0.3, 0.4) is 0 Å². The van der Waals surface area contributed by atoms with E-state index in [-0.39, 0.29) is 5.22 Å². The molecule has 0 radical (unpaired) electrons. The molecule has 0 fully saturated rings. The minimum absolute atomic E-state index is 0.204. The second kappa shape index (κ2) is 4.60. The van der Waals surface area contributed by atoms with E-state index in [4.69, 9.17) is 20.8 Å². The zero-order valence-electron chi connectivity index (χ0n) is 8.68. The summed E-state index contributed by atoms with van der Waals surface area (Å²) in [6.07, 6.45) is 0.641. The van der Waals surface area contributed by atoms with E-state index in [0.29, 0.717) is 16.9 Å². The second-order valence-corrected chi connectivity index (χ2v) is 3.67. The summed E-state index contributed by atoms with van der Waals surface area (Å²) >= 11 is 5.80. The molecule has 1 aromatic heterocycles.